The number of nitriles is 3. The van der Waals surface area contributed by atoms with Crippen molar-refractivity contribution < 1.29 is 51.8 Å². The van der Waals surface area contributed by atoms with Crippen LogP contribution in [0.5, 0.6) is 34.5 Å². The fourth-order valence-corrected chi connectivity index (χ4v) is 8.83. The number of hydrogen-bond donors (Lipinski definition) is 8. The number of aliphatic hydroxyl groups is 1. The number of phenols is 2. The number of rotatable bonds is 12. The minimum atomic E-state index is -4.67. The molecule has 2 aliphatic heterocycles. The summed E-state index contributed by atoms with van der Waals surface area (Å²) in [5.74, 6) is 1.86. The summed E-state index contributed by atoms with van der Waals surface area (Å²) >= 11 is 9.31. The van der Waals surface area contributed by atoms with Gasteiger partial charge in [0.15, 0.2) is 34.5 Å². The van der Waals surface area contributed by atoms with Gasteiger partial charge in [-0.25, -0.2) is 0 Å². The number of ether oxygens (including phenoxy) is 4. The standard InChI is InChI=1S/C19H22N2O3.C19H20N2O2.C17H16N2O2.BBr3.H2O4S/c1-23-18-9-8-14(16(12-20)19(18)24-2)10-11-21-13-17(22)15-6-4-3-5-7-15;1-22-18-10-15-14(16(11-20)19(18)23-2)8-9-21-12-17(15)13-6-4-3-5-7-13;18-9-14-12-6-7-19-10-15(11-4-2-1-3-5-11)13(12)8-16(20)17(14)21;2-1(3)4;1-5(2,3)4/h3-9,17,21-22H,10-11,13H2,1-2H3;3-7,10,17,21H,8-9,12H2,1-2H3;1-5,8,15,19-21H,6-7,10H2;;(H2,1,2,3,4)/t2*17-;15-;;/m100../s1. The van der Waals surface area contributed by atoms with Crippen LogP contribution in [0.2, 0.25) is 0 Å². The zero-order valence-corrected chi connectivity index (χ0v) is 48.3. The number of fused-ring (bicyclic) bond motifs is 2. The predicted molar refractivity (Wildman–Crippen MR) is 307 cm³/mol. The second kappa shape index (κ2) is 32.5. The van der Waals surface area contributed by atoms with Gasteiger partial charge >= 0.3 is 13.6 Å². The van der Waals surface area contributed by atoms with Crippen molar-refractivity contribution in [1.82, 2.24) is 16.0 Å². The van der Waals surface area contributed by atoms with Gasteiger partial charge in [-0.05, 0) is 102 Å². The Balaban J connectivity index is 0.000000231. The van der Waals surface area contributed by atoms with Gasteiger partial charge in [0.05, 0.1) is 34.5 Å². The number of aliphatic hydroxyl groups excluding tert-OH is 1. The molecule has 0 amide bonds. The first-order chi connectivity index (χ1) is 37.0. The molecule has 17 nitrogen and oxygen atoms in total. The molecule has 0 aromatic heterocycles. The Bertz CT molecular complexity index is 3070. The molecule has 0 fully saturated rings. The topological polar surface area (TPSA) is 280 Å². The maximum absolute atomic E-state index is 10.1. The number of halogens is 3. The molecule has 0 unspecified atom stereocenters. The lowest BCUT2D eigenvalue weighted by Crippen LogP contribution is -2.24. The van der Waals surface area contributed by atoms with Crippen LogP contribution in [0.1, 0.15) is 79.1 Å². The van der Waals surface area contributed by atoms with Crippen molar-refractivity contribution in [3.8, 4) is 52.7 Å². The molecule has 6 aromatic rings. The Morgan fingerprint density at radius 1 is 0.662 bits per heavy atom. The lowest BCUT2D eigenvalue weighted by atomic mass is 9.85. The summed E-state index contributed by atoms with van der Waals surface area (Å²) in [6, 6.07) is 43.7. The van der Waals surface area contributed by atoms with E-state index in [0.29, 0.717) is 60.1 Å². The van der Waals surface area contributed by atoms with E-state index in [1.165, 1.54) is 12.7 Å². The van der Waals surface area contributed by atoms with Gasteiger partial charge in [-0.1, -0.05) is 97.1 Å². The van der Waals surface area contributed by atoms with Gasteiger partial charge in [0, 0.05) is 31.5 Å². The molecule has 2 aliphatic rings. The normalized spacial score (nSPS) is 14.5. The summed E-state index contributed by atoms with van der Waals surface area (Å²) in [7, 11) is 1.59. The molecule has 406 valence electrons. The highest BCUT2D eigenvalue weighted by molar-refractivity contribution is 9.69. The minimum Gasteiger partial charge on any atom is -0.504 e. The zero-order chi connectivity index (χ0) is 56.5. The minimum absolute atomic E-state index is 0.0577. The lowest BCUT2D eigenvalue weighted by Gasteiger charge is -2.21. The zero-order valence-electron chi connectivity index (χ0n) is 42.7. The Hall–Kier alpha value is -6.20. The molecular weight excluding hydrogens is 1200 g/mol. The van der Waals surface area contributed by atoms with E-state index in [1.54, 1.807) is 33.5 Å². The molecule has 0 saturated heterocycles. The number of phenolic OH excluding ortho intramolecular Hbond substituents is 2. The third-order valence-corrected chi connectivity index (χ3v) is 12.2. The van der Waals surface area contributed by atoms with E-state index < -0.39 is 16.5 Å². The fourth-order valence-electron chi connectivity index (χ4n) is 8.83. The highest BCUT2D eigenvalue weighted by Crippen LogP contribution is 2.42. The van der Waals surface area contributed by atoms with Gasteiger partial charge in [0.1, 0.15) is 34.9 Å². The van der Waals surface area contributed by atoms with Crippen molar-refractivity contribution in [2.24, 2.45) is 0 Å². The highest BCUT2D eigenvalue weighted by Gasteiger charge is 2.28. The van der Waals surface area contributed by atoms with Gasteiger partial charge < -0.3 is 50.2 Å². The first-order valence-corrected chi connectivity index (χ1v) is 28.0. The van der Waals surface area contributed by atoms with Crippen LogP contribution in [0.4, 0.5) is 0 Å². The summed E-state index contributed by atoms with van der Waals surface area (Å²) < 4.78 is 53.3. The SMILES string of the molecule is BrB(Br)Br.COc1cc2c(c(C#N)c1OC)CCNC[C@H]2c1ccccc1.COc1ccc(CCNC[C@@H](O)c2ccccc2)c(C#N)c1OC.N#Cc1c(O)c(O)cc2c1CCNC[C@H]2c1ccccc1.O=S(=O)(O)O. The fraction of sp³-hybridized carbons (Fsp3) is 0.291. The number of nitrogens with one attached hydrogen (secondary N) is 3. The molecule has 0 saturated carbocycles. The summed E-state index contributed by atoms with van der Waals surface area (Å²) in [5, 5.41) is 68.4. The Labute approximate surface area is 475 Å². The van der Waals surface area contributed by atoms with Gasteiger partial charge in [-0.3, -0.25) is 9.11 Å². The summed E-state index contributed by atoms with van der Waals surface area (Å²) in [5.41, 5.74) is 9.35. The molecule has 8 N–H and O–H groups in total. The molecule has 22 heteroatoms. The summed E-state index contributed by atoms with van der Waals surface area (Å²) in [4.78, 5) is 0. The van der Waals surface area contributed by atoms with Crippen LogP contribution >= 0.6 is 47.3 Å². The quantitative estimate of drug-likeness (QED) is 0.0245. The van der Waals surface area contributed by atoms with Gasteiger partial charge in [-0.15, -0.1) is 47.3 Å². The maximum atomic E-state index is 10.1. The molecule has 6 aromatic carbocycles. The van der Waals surface area contributed by atoms with Crippen molar-refractivity contribution in [2.45, 2.75) is 37.2 Å². The molecule has 8 rings (SSSR count). The predicted octanol–water partition coefficient (Wildman–Crippen LogP) is 9.04. The van der Waals surface area contributed by atoms with E-state index in [2.05, 4.69) is 87.5 Å². The van der Waals surface area contributed by atoms with Crippen LogP contribution in [0.25, 0.3) is 0 Å². The van der Waals surface area contributed by atoms with Crippen LogP contribution in [0, 0.1) is 34.0 Å². The van der Waals surface area contributed by atoms with E-state index in [9.17, 15) is 31.1 Å². The second-order valence-electron chi connectivity index (χ2n) is 16.8. The molecule has 77 heavy (non-hydrogen) atoms. The highest BCUT2D eigenvalue weighted by atomic mass is 79.9. The van der Waals surface area contributed by atoms with Gasteiger partial charge in [-0.2, -0.15) is 24.2 Å². The Kier molecular flexibility index (Phi) is 26.8. The molecule has 2 heterocycles. The van der Waals surface area contributed by atoms with E-state index in [4.69, 9.17) is 36.5 Å². The molecular formula is C55H60BBr3N6O11S. The smallest absolute Gasteiger partial charge is 0.394 e. The third kappa shape index (κ3) is 19.0. The average molecular weight is 1260 g/mol. The maximum Gasteiger partial charge on any atom is 0.394 e. The van der Waals surface area contributed by atoms with Crippen molar-refractivity contribution in [1.29, 1.82) is 15.8 Å². The molecule has 0 spiro atoms. The number of hydrogen-bond acceptors (Lipinski definition) is 15. The van der Waals surface area contributed by atoms with E-state index >= 15 is 0 Å². The largest absolute Gasteiger partial charge is 0.504 e. The van der Waals surface area contributed by atoms with Crippen molar-refractivity contribution >= 4 is 60.9 Å². The first kappa shape index (κ1) is 63.3. The van der Waals surface area contributed by atoms with E-state index in [1.807, 2.05) is 97.1 Å². The number of methoxy groups -OCH3 is 4. The number of nitrogens with zero attached hydrogens (tertiary/aromatic N) is 3. The second-order valence-corrected chi connectivity index (χ2v) is 24.2. The number of benzene rings is 6. The van der Waals surface area contributed by atoms with Crippen molar-refractivity contribution in [3.63, 3.8) is 0 Å². The van der Waals surface area contributed by atoms with Crippen LogP contribution in [0.15, 0.2) is 115 Å². The molecule has 3 atom stereocenters. The molecule has 0 radical (unpaired) electrons. The third-order valence-electron chi connectivity index (χ3n) is 12.2. The van der Waals surface area contributed by atoms with Crippen LogP contribution in [-0.2, 0) is 29.7 Å². The van der Waals surface area contributed by atoms with E-state index in [-0.39, 0.29) is 32.1 Å². The molecule has 0 aliphatic carbocycles. The van der Waals surface area contributed by atoms with Crippen molar-refractivity contribution in [2.75, 3.05) is 67.7 Å². The summed E-state index contributed by atoms with van der Waals surface area (Å²) in [6.07, 6.45) is 1.58. The Morgan fingerprint density at radius 2 is 1.10 bits per heavy atom. The average Bonchev–Trinajstić information content (AvgIpc) is 3.79. The number of aromatic hydroxyl groups is 2. The van der Waals surface area contributed by atoms with Crippen LogP contribution in [-0.4, -0.2) is 104 Å². The van der Waals surface area contributed by atoms with Crippen molar-refractivity contribution in [3.05, 3.63) is 176 Å². The Morgan fingerprint density at radius 3 is 1.56 bits per heavy atom. The van der Waals surface area contributed by atoms with E-state index in [0.717, 1.165) is 71.5 Å². The van der Waals surface area contributed by atoms with Gasteiger partial charge in [0.2, 0.25) is 0 Å². The van der Waals surface area contributed by atoms with Crippen LogP contribution < -0.4 is 34.9 Å². The van der Waals surface area contributed by atoms with Gasteiger partial charge in [0.25, 0.3) is 0 Å². The first-order valence-electron chi connectivity index (χ1n) is 23.8. The monoisotopic (exact) mass is 1260 g/mol. The molecule has 0 bridgehead atoms. The summed E-state index contributed by atoms with van der Waals surface area (Å²) in [6.45, 7) is 4.28. The lowest BCUT2D eigenvalue weighted by molar-refractivity contribution is 0.175. The van der Waals surface area contributed by atoms with Crippen LogP contribution in [0.3, 0.4) is 0 Å².